The average molecular weight is 346 g/mol. The van der Waals surface area contributed by atoms with E-state index in [1.807, 2.05) is 35.2 Å². The maximum Gasteiger partial charge on any atom is 0.233 e. The SMILES string of the molecule is O=C([O-])CSc1nc(Nc2ccccc2)nc(N2CCOCC2)n1. The van der Waals surface area contributed by atoms with Gasteiger partial charge in [0.15, 0.2) is 5.16 Å². The molecular weight excluding hydrogens is 330 g/mol. The third-order valence-corrected chi connectivity index (χ3v) is 4.07. The Labute approximate surface area is 143 Å². The number of hydrogen-bond donors (Lipinski definition) is 1. The zero-order chi connectivity index (χ0) is 16.8. The van der Waals surface area contributed by atoms with Crippen LogP contribution >= 0.6 is 11.8 Å². The number of aromatic nitrogens is 3. The molecule has 3 rings (SSSR count). The van der Waals surface area contributed by atoms with E-state index in [2.05, 4.69) is 20.3 Å². The lowest BCUT2D eigenvalue weighted by Crippen LogP contribution is -2.37. The molecule has 0 spiro atoms. The van der Waals surface area contributed by atoms with Crippen molar-refractivity contribution in [2.45, 2.75) is 5.16 Å². The van der Waals surface area contributed by atoms with Crippen molar-refractivity contribution in [3.8, 4) is 0 Å². The highest BCUT2D eigenvalue weighted by Gasteiger charge is 2.17. The van der Waals surface area contributed by atoms with Gasteiger partial charge in [0.25, 0.3) is 0 Å². The van der Waals surface area contributed by atoms with Gasteiger partial charge in [0, 0.05) is 24.5 Å². The second kappa shape index (κ2) is 7.93. The van der Waals surface area contributed by atoms with E-state index in [4.69, 9.17) is 4.74 Å². The average Bonchev–Trinajstić information content (AvgIpc) is 2.61. The number of thioether (sulfide) groups is 1. The van der Waals surface area contributed by atoms with Gasteiger partial charge in [-0.05, 0) is 12.1 Å². The quantitative estimate of drug-likeness (QED) is 0.739. The van der Waals surface area contributed by atoms with Crippen LogP contribution in [-0.2, 0) is 9.53 Å². The molecule has 0 bridgehead atoms. The van der Waals surface area contributed by atoms with E-state index in [9.17, 15) is 9.90 Å². The molecule has 0 atom stereocenters. The summed E-state index contributed by atoms with van der Waals surface area (Å²) in [5.74, 6) is -0.492. The van der Waals surface area contributed by atoms with Crippen LogP contribution in [0.5, 0.6) is 0 Å². The van der Waals surface area contributed by atoms with Gasteiger partial charge in [-0.15, -0.1) is 0 Å². The molecule has 1 aromatic heterocycles. The summed E-state index contributed by atoms with van der Waals surface area (Å²) in [6.45, 7) is 2.57. The molecule has 0 saturated carbocycles. The fraction of sp³-hybridized carbons (Fsp3) is 0.333. The van der Waals surface area contributed by atoms with Crippen molar-refractivity contribution in [1.29, 1.82) is 0 Å². The first kappa shape index (κ1) is 16.5. The Balaban J connectivity index is 1.85. The van der Waals surface area contributed by atoms with Gasteiger partial charge in [0.2, 0.25) is 11.9 Å². The number of morpholine rings is 1. The van der Waals surface area contributed by atoms with Gasteiger partial charge < -0.3 is 24.9 Å². The first-order valence-corrected chi connectivity index (χ1v) is 8.43. The van der Waals surface area contributed by atoms with E-state index in [0.29, 0.717) is 43.4 Å². The molecule has 24 heavy (non-hydrogen) atoms. The van der Waals surface area contributed by atoms with Crippen molar-refractivity contribution in [3.63, 3.8) is 0 Å². The Hall–Kier alpha value is -2.39. The number of carbonyl (C=O) groups excluding carboxylic acids is 1. The normalized spacial score (nSPS) is 14.4. The van der Waals surface area contributed by atoms with Crippen LogP contribution in [0.15, 0.2) is 35.5 Å². The largest absolute Gasteiger partial charge is 0.549 e. The number of carboxylic acid groups (broad SMARTS) is 1. The summed E-state index contributed by atoms with van der Waals surface area (Å²) >= 11 is 1.01. The standard InChI is InChI=1S/C15H17N5O3S/c21-12(22)10-24-15-18-13(16-11-4-2-1-3-5-11)17-14(19-15)20-6-8-23-9-7-20/h1-5H,6-10H2,(H,21,22)(H,16,17,18,19)/p-1. The summed E-state index contributed by atoms with van der Waals surface area (Å²) in [5, 5.41) is 14.1. The lowest BCUT2D eigenvalue weighted by Gasteiger charge is -2.27. The highest BCUT2D eigenvalue weighted by atomic mass is 32.2. The molecule has 8 nitrogen and oxygen atoms in total. The van der Waals surface area contributed by atoms with Gasteiger partial charge in [-0.25, -0.2) is 0 Å². The zero-order valence-electron chi connectivity index (χ0n) is 12.8. The van der Waals surface area contributed by atoms with Crippen molar-refractivity contribution in [1.82, 2.24) is 15.0 Å². The Bertz CT molecular complexity index is 695. The van der Waals surface area contributed by atoms with E-state index < -0.39 is 5.97 Å². The van der Waals surface area contributed by atoms with E-state index in [0.717, 1.165) is 17.4 Å². The molecule has 0 unspecified atom stereocenters. The molecule has 9 heteroatoms. The number of carboxylic acids is 1. The highest BCUT2D eigenvalue weighted by molar-refractivity contribution is 7.99. The highest BCUT2D eigenvalue weighted by Crippen LogP contribution is 2.21. The van der Waals surface area contributed by atoms with E-state index >= 15 is 0 Å². The van der Waals surface area contributed by atoms with Gasteiger partial charge in [0.05, 0.1) is 19.2 Å². The lowest BCUT2D eigenvalue weighted by atomic mass is 10.3. The molecule has 1 saturated heterocycles. The minimum Gasteiger partial charge on any atom is -0.549 e. The minimum atomic E-state index is -1.16. The summed E-state index contributed by atoms with van der Waals surface area (Å²) in [6.07, 6.45) is 0. The maximum atomic E-state index is 10.7. The fourth-order valence-corrected chi connectivity index (χ4v) is 2.69. The van der Waals surface area contributed by atoms with Crippen molar-refractivity contribution < 1.29 is 14.6 Å². The number of nitrogens with zero attached hydrogens (tertiary/aromatic N) is 4. The maximum absolute atomic E-state index is 10.7. The topological polar surface area (TPSA) is 103 Å². The second-order valence-electron chi connectivity index (χ2n) is 4.99. The van der Waals surface area contributed by atoms with Crippen LogP contribution in [0.25, 0.3) is 0 Å². The number of para-hydroxylation sites is 1. The molecule has 2 heterocycles. The first-order valence-electron chi connectivity index (χ1n) is 7.44. The summed E-state index contributed by atoms with van der Waals surface area (Å²) in [5.41, 5.74) is 0.840. The summed E-state index contributed by atoms with van der Waals surface area (Å²) in [4.78, 5) is 25.7. The van der Waals surface area contributed by atoms with Crippen molar-refractivity contribution in [2.24, 2.45) is 0 Å². The monoisotopic (exact) mass is 346 g/mol. The number of benzene rings is 1. The molecule has 0 radical (unpaired) electrons. The molecule has 2 aromatic rings. The van der Waals surface area contributed by atoms with E-state index in [1.165, 1.54) is 0 Å². The molecule has 0 aliphatic carbocycles. The van der Waals surface area contributed by atoms with Gasteiger partial charge in [0.1, 0.15) is 0 Å². The molecule has 1 fully saturated rings. The fourth-order valence-electron chi connectivity index (χ4n) is 2.15. The molecule has 1 aliphatic heterocycles. The predicted octanol–water partition coefficient (Wildman–Crippen LogP) is 0.294. The summed E-state index contributed by atoms with van der Waals surface area (Å²) < 4.78 is 5.34. The van der Waals surface area contributed by atoms with E-state index in [1.54, 1.807) is 0 Å². The van der Waals surface area contributed by atoms with E-state index in [-0.39, 0.29) is 5.75 Å². The molecule has 1 N–H and O–H groups in total. The van der Waals surface area contributed by atoms with Crippen LogP contribution < -0.4 is 15.3 Å². The molecule has 126 valence electrons. The Morgan fingerprint density at radius 2 is 1.96 bits per heavy atom. The van der Waals surface area contributed by atoms with Crippen LogP contribution in [0.1, 0.15) is 0 Å². The number of rotatable bonds is 6. The lowest BCUT2D eigenvalue weighted by molar-refractivity contribution is -0.301. The smallest absolute Gasteiger partial charge is 0.233 e. The third kappa shape index (κ3) is 4.56. The number of anilines is 3. The van der Waals surface area contributed by atoms with Crippen LogP contribution in [0, 0.1) is 0 Å². The number of nitrogens with one attached hydrogen (secondary N) is 1. The number of carbonyl (C=O) groups is 1. The Morgan fingerprint density at radius 3 is 2.67 bits per heavy atom. The van der Waals surface area contributed by atoms with Gasteiger partial charge in [-0.3, -0.25) is 0 Å². The Kier molecular flexibility index (Phi) is 5.44. The van der Waals surface area contributed by atoms with Gasteiger partial charge >= 0.3 is 0 Å². The number of hydrogen-bond acceptors (Lipinski definition) is 9. The van der Waals surface area contributed by atoms with Crippen LogP contribution in [0.2, 0.25) is 0 Å². The number of aliphatic carboxylic acids is 1. The first-order chi connectivity index (χ1) is 11.7. The molecular formula is C15H16N5O3S-. The van der Waals surface area contributed by atoms with Gasteiger partial charge in [-0.2, -0.15) is 15.0 Å². The Morgan fingerprint density at radius 1 is 1.21 bits per heavy atom. The van der Waals surface area contributed by atoms with Crippen LogP contribution in [0.4, 0.5) is 17.6 Å². The van der Waals surface area contributed by atoms with Crippen LogP contribution in [-0.4, -0.2) is 53.0 Å². The summed E-state index contributed by atoms with van der Waals surface area (Å²) in [6, 6.07) is 9.51. The molecule has 1 aromatic carbocycles. The predicted molar refractivity (Wildman–Crippen MR) is 88.3 cm³/mol. The summed E-state index contributed by atoms with van der Waals surface area (Å²) in [7, 11) is 0. The van der Waals surface area contributed by atoms with Crippen molar-refractivity contribution in [3.05, 3.63) is 30.3 Å². The van der Waals surface area contributed by atoms with Crippen LogP contribution in [0.3, 0.4) is 0 Å². The second-order valence-corrected chi connectivity index (χ2v) is 5.94. The number of ether oxygens (including phenoxy) is 1. The van der Waals surface area contributed by atoms with Crippen molar-refractivity contribution >= 4 is 35.3 Å². The molecule has 0 amide bonds. The minimum absolute atomic E-state index is 0.211. The van der Waals surface area contributed by atoms with Gasteiger partial charge in [-0.1, -0.05) is 30.0 Å². The third-order valence-electron chi connectivity index (χ3n) is 3.25. The molecule has 1 aliphatic rings. The van der Waals surface area contributed by atoms with Crippen molar-refractivity contribution in [2.75, 3.05) is 42.3 Å². The zero-order valence-corrected chi connectivity index (χ0v) is 13.7.